The lowest BCUT2D eigenvalue weighted by Crippen LogP contribution is -2.26. The lowest BCUT2D eigenvalue weighted by Gasteiger charge is -2.14. The molecule has 0 saturated carbocycles. The van der Waals surface area contributed by atoms with Gasteiger partial charge in [0.1, 0.15) is 0 Å². The molecule has 0 unspecified atom stereocenters. The zero-order valence-electron chi connectivity index (χ0n) is 11.1. The lowest BCUT2D eigenvalue weighted by molar-refractivity contribution is -0.134. The van der Waals surface area contributed by atoms with Gasteiger partial charge in [-0.15, -0.1) is 5.10 Å². The topological polar surface area (TPSA) is 90.4 Å². The Balaban J connectivity index is 1.92. The van der Waals surface area contributed by atoms with Crippen LogP contribution < -0.4 is 5.32 Å². The number of ether oxygens (including phenoxy) is 2. The van der Waals surface area contributed by atoms with Crippen LogP contribution in [0.4, 0.5) is 0 Å². The van der Waals surface area contributed by atoms with E-state index in [2.05, 4.69) is 20.3 Å². The van der Waals surface area contributed by atoms with Gasteiger partial charge in [0.2, 0.25) is 0 Å². The first-order valence-corrected chi connectivity index (χ1v) is 6.16. The summed E-state index contributed by atoms with van der Waals surface area (Å²) in [6.07, 6.45) is 3.46. The number of nitrogens with zero attached hydrogens (tertiary/aromatic N) is 2. The van der Waals surface area contributed by atoms with Crippen molar-refractivity contribution in [1.82, 2.24) is 15.5 Å². The molecule has 0 aliphatic carbocycles. The van der Waals surface area contributed by atoms with Crippen molar-refractivity contribution in [3.05, 3.63) is 35.2 Å². The summed E-state index contributed by atoms with van der Waals surface area (Å²) in [5.41, 5.74) is 2.00. The normalized spacial score (nSPS) is 13.8. The van der Waals surface area contributed by atoms with E-state index in [0.29, 0.717) is 19.6 Å². The van der Waals surface area contributed by atoms with Gasteiger partial charge in [-0.3, -0.25) is 4.79 Å². The van der Waals surface area contributed by atoms with Crippen LogP contribution in [-0.2, 0) is 27.3 Å². The van der Waals surface area contributed by atoms with E-state index in [1.54, 1.807) is 6.07 Å². The van der Waals surface area contributed by atoms with Crippen LogP contribution in [0, 0.1) is 0 Å². The average molecular weight is 277 g/mol. The average Bonchev–Trinajstić information content (AvgIpc) is 2.50. The van der Waals surface area contributed by atoms with Gasteiger partial charge in [-0.1, -0.05) is 6.08 Å². The van der Waals surface area contributed by atoms with Crippen molar-refractivity contribution < 1.29 is 19.1 Å². The Labute approximate surface area is 116 Å². The Hall–Kier alpha value is -2.28. The number of carbonyl (C=O) groups excluding carboxylic acids is 2. The molecular formula is C13H15N3O4. The quantitative estimate of drug-likeness (QED) is 0.616. The molecule has 0 radical (unpaired) electrons. The second kappa shape index (κ2) is 6.76. The molecule has 0 spiro atoms. The fourth-order valence-corrected chi connectivity index (χ4v) is 1.72. The van der Waals surface area contributed by atoms with E-state index in [-0.39, 0.29) is 18.1 Å². The Morgan fingerprint density at radius 1 is 1.50 bits per heavy atom. The molecule has 0 saturated heterocycles. The monoisotopic (exact) mass is 277 g/mol. The maximum atomic E-state index is 11.8. The third kappa shape index (κ3) is 3.61. The molecule has 1 amide bonds. The van der Waals surface area contributed by atoms with Gasteiger partial charge in [0.25, 0.3) is 5.91 Å². The van der Waals surface area contributed by atoms with Gasteiger partial charge in [0, 0.05) is 24.6 Å². The van der Waals surface area contributed by atoms with Gasteiger partial charge in [0.05, 0.1) is 26.0 Å². The molecule has 20 heavy (non-hydrogen) atoms. The number of rotatable bonds is 4. The molecule has 2 rings (SSSR count). The number of fused-ring (bicyclic) bond motifs is 1. The highest BCUT2D eigenvalue weighted by Crippen LogP contribution is 2.14. The summed E-state index contributed by atoms with van der Waals surface area (Å²) >= 11 is 0. The summed E-state index contributed by atoms with van der Waals surface area (Å²) in [6, 6.07) is 1.68. The van der Waals surface area contributed by atoms with Crippen molar-refractivity contribution in [2.45, 2.75) is 13.0 Å². The highest BCUT2D eigenvalue weighted by molar-refractivity contribution is 5.92. The van der Waals surface area contributed by atoms with Crippen LogP contribution in [-0.4, -0.2) is 42.3 Å². The first-order valence-electron chi connectivity index (χ1n) is 6.16. The summed E-state index contributed by atoms with van der Waals surface area (Å²) in [4.78, 5) is 22.7. The fourth-order valence-electron chi connectivity index (χ4n) is 1.72. The van der Waals surface area contributed by atoms with Crippen molar-refractivity contribution in [1.29, 1.82) is 0 Å². The summed E-state index contributed by atoms with van der Waals surface area (Å²) in [5.74, 6) is -0.814. The molecule has 1 aliphatic heterocycles. The summed E-state index contributed by atoms with van der Waals surface area (Å²) in [7, 11) is 1.29. The maximum absolute atomic E-state index is 11.8. The van der Waals surface area contributed by atoms with Crippen LogP contribution in [0.1, 0.15) is 21.7 Å². The van der Waals surface area contributed by atoms with Crippen LogP contribution in [0.5, 0.6) is 0 Å². The number of aromatic nitrogens is 2. The molecule has 7 heteroatoms. The van der Waals surface area contributed by atoms with Crippen LogP contribution >= 0.6 is 0 Å². The highest BCUT2D eigenvalue weighted by atomic mass is 16.5. The van der Waals surface area contributed by atoms with Crippen molar-refractivity contribution in [3.8, 4) is 0 Å². The first kappa shape index (κ1) is 14.1. The van der Waals surface area contributed by atoms with Gasteiger partial charge in [0.15, 0.2) is 5.69 Å². The third-order valence-electron chi connectivity index (χ3n) is 2.77. The number of esters is 1. The molecule has 0 aromatic carbocycles. The molecule has 1 aromatic rings. The Kier molecular flexibility index (Phi) is 4.78. The molecule has 106 valence electrons. The Morgan fingerprint density at radius 3 is 3.15 bits per heavy atom. The van der Waals surface area contributed by atoms with Gasteiger partial charge >= 0.3 is 5.97 Å². The van der Waals surface area contributed by atoms with E-state index >= 15 is 0 Å². The SMILES string of the molecule is COC(=O)/C=C/CNC(=O)c1cc2c(nn1)CCOC2. The molecule has 2 heterocycles. The second-order valence-electron chi connectivity index (χ2n) is 4.14. The van der Waals surface area contributed by atoms with Gasteiger partial charge in [-0.2, -0.15) is 5.10 Å². The summed E-state index contributed by atoms with van der Waals surface area (Å²) < 4.78 is 9.74. The van der Waals surface area contributed by atoms with E-state index < -0.39 is 5.97 Å². The van der Waals surface area contributed by atoms with Crippen molar-refractivity contribution in [2.24, 2.45) is 0 Å². The minimum Gasteiger partial charge on any atom is -0.466 e. The first-order chi connectivity index (χ1) is 9.70. The number of hydrogen-bond acceptors (Lipinski definition) is 6. The number of hydrogen-bond donors (Lipinski definition) is 1. The summed E-state index contributed by atoms with van der Waals surface area (Å²) in [6.45, 7) is 1.29. The number of methoxy groups -OCH3 is 1. The van der Waals surface area contributed by atoms with E-state index in [1.165, 1.54) is 19.3 Å². The highest BCUT2D eigenvalue weighted by Gasteiger charge is 2.15. The van der Waals surface area contributed by atoms with Gasteiger partial charge < -0.3 is 14.8 Å². The number of amides is 1. The molecule has 1 aromatic heterocycles. The van der Waals surface area contributed by atoms with Gasteiger partial charge in [-0.05, 0) is 6.07 Å². The lowest BCUT2D eigenvalue weighted by atomic mass is 10.1. The predicted octanol–water partition coefficient (Wildman–Crippen LogP) is 0.00830. The van der Waals surface area contributed by atoms with Crippen molar-refractivity contribution in [3.63, 3.8) is 0 Å². The van der Waals surface area contributed by atoms with Crippen LogP contribution in [0.25, 0.3) is 0 Å². The largest absolute Gasteiger partial charge is 0.466 e. The number of carbonyl (C=O) groups is 2. The van der Waals surface area contributed by atoms with Crippen LogP contribution in [0.15, 0.2) is 18.2 Å². The summed E-state index contributed by atoms with van der Waals surface area (Å²) in [5, 5.41) is 10.5. The van der Waals surface area contributed by atoms with E-state index in [1.807, 2.05) is 0 Å². The minimum absolute atomic E-state index is 0.212. The molecule has 0 bridgehead atoms. The molecule has 7 nitrogen and oxygen atoms in total. The number of nitrogens with one attached hydrogen (secondary N) is 1. The Bertz CT molecular complexity index is 542. The smallest absolute Gasteiger partial charge is 0.330 e. The fraction of sp³-hybridized carbons (Fsp3) is 0.385. The molecule has 1 aliphatic rings. The van der Waals surface area contributed by atoms with Gasteiger partial charge in [-0.25, -0.2) is 4.79 Å². The standard InChI is InChI=1S/C13H15N3O4/c1-19-12(17)3-2-5-14-13(18)11-7-9-8-20-6-4-10(9)15-16-11/h2-3,7H,4-6,8H2,1H3,(H,14,18)/b3-2+. The van der Waals surface area contributed by atoms with Crippen molar-refractivity contribution in [2.75, 3.05) is 20.3 Å². The molecule has 1 N–H and O–H groups in total. The molecule has 0 atom stereocenters. The van der Waals surface area contributed by atoms with E-state index in [0.717, 1.165) is 11.3 Å². The second-order valence-corrected chi connectivity index (χ2v) is 4.14. The Morgan fingerprint density at radius 2 is 2.35 bits per heavy atom. The zero-order valence-corrected chi connectivity index (χ0v) is 11.1. The predicted molar refractivity (Wildman–Crippen MR) is 68.9 cm³/mol. The molecule has 0 fully saturated rings. The zero-order chi connectivity index (χ0) is 14.4. The molecular weight excluding hydrogens is 262 g/mol. The van der Waals surface area contributed by atoms with Crippen LogP contribution in [0.3, 0.4) is 0 Å². The third-order valence-corrected chi connectivity index (χ3v) is 2.77. The van der Waals surface area contributed by atoms with E-state index in [4.69, 9.17) is 4.74 Å². The van der Waals surface area contributed by atoms with Crippen LogP contribution in [0.2, 0.25) is 0 Å². The van der Waals surface area contributed by atoms with E-state index in [9.17, 15) is 9.59 Å². The minimum atomic E-state index is -0.468. The maximum Gasteiger partial charge on any atom is 0.330 e. The van der Waals surface area contributed by atoms with Crippen molar-refractivity contribution >= 4 is 11.9 Å².